The maximum atomic E-state index is 14.0. The molecule has 0 unspecified atom stereocenters. The number of rotatable bonds is 4. The van der Waals surface area contributed by atoms with Crippen LogP contribution in [0.25, 0.3) is 17.0 Å². The lowest BCUT2D eigenvalue weighted by Gasteiger charge is -2.27. The molecule has 25 heavy (non-hydrogen) atoms. The summed E-state index contributed by atoms with van der Waals surface area (Å²) in [5.74, 6) is 0.399. The highest BCUT2D eigenvalue weighted by molar-refractivity contribution is 5.61. The van der Waals surface area contributed by atoms with Gasteiger partial charge in [-0.25, -0.2) is 19.3 Å². The Morgan fingerprint density at radius 2 is 2.28 bits per heavy atom. The number of nitrogens with one attached hydrogen (secondary N) is 2. The second-order valence-corrected chi connectivity index (χ2v) is 6.09. The molecule has 7 nitrogen and oxygen atoms in total. The van der Waals surface area contributed by atoms with Gasteiger partial charge in [0.1, 0.15) is 11.8 Å². The third-order valence-electron chi connectivity index (χ3n) is 4.39. The molecule has 0 saturated carbocycles. The highest BCUT2D eigenvalue weighted by Gasteiger charge is 2.25. The van der Waals surface area contributed by atoms with Crippen LogP contribution in [0.1, 0.15) is 12.0 Å². The van der Waals surface area contributed by atoms with Gasteiger partial charge in [-0.2, -0.15) is 0 Å². The average Bonchev–Trinajstić information content (AvgIpc) is 3.07. The van der Waals surface area contributed by atoms with Gasteiger partial charge < -0.3 is 15.7 Å². The zero-order valence-electron chi connectivity index (χ0n) is 13.6. The Morgan fingerprint density at radius 1 is 1.36 bits per heavy atom. The minimum Gasteiger partial charge on any atom is -0.392 e. The maximum Gasteiger partial charge on any atom is 0.223 e. The lowest BCUT2D eigenvalue weighted by Crippen LogP contribution is -2.46. The van der Waals surface area contributed by atoms with Gasteiger partial charge >= 0.3 is 0 Å². The second kappa shape index (κ2) is 6.73. The fourth-order valence-electron chi connectivity index (χ4n) is 3.02. The van der Waals surface area contributed by atoms with Crippen LogP contribution in [0.15, 0.2) is 36.8 Å². The van der Waals surface area contributed by atoms with Gasteiger partial charge in [-0.15, -0.1) is 0 Å². The van der Waals surface area contributed by atoms with E-state index in [4.69, 9.17) is 0 Å². The first-order chi connectivity index (χ1) is 12.2. The smallest absolute Gasteiger partial charge is 0.223 e. The van der Waals surface area contributed by atoms with Crippen molar-refractivity contribution in [2.24, 2.45) is 0 Å². The maximum absolute atomic E-state index is 14.0. The fourth-order valence-corrected chi connectivity index (χ4v) is 3.02. The summed E-state index contributed by atoms with van der Waals surface area (Å²) >= 11 is 0. The Kier molecular flexibility index (Phi) is 4.29. The molecule has 0 spiro atoms. The molecule has 3 aromatic rings. The number of hydrogen-bond donors (Lipinski definition) is 3. The van der Waals surface area contributed by atoms with Crippen molar-refractivity contribution >= 4 is 11.6 Å². The predicted octanol–water partition coefficient (Wildman–Crippen LogP) is 1.40. The van der Waals surface area contributed by atoms with Crippen LogP contribution in [-0.2, 0) is 6.61 Å². The van der Waals surface area contributed by atoms with E-state index in [-0.39, 0.29) is 12.6 Å². The van der Waals surface area contributed by atoms with Gasteiger partial charge in [-0.05, 0) is 36.7 Å². The zero-order valence-corrected chi connectivity index (χ0v) is 13.6. The summed E-state index contributed by atoms with van der Waals surface area (Å²) in [4.78, 5) is 13.1. The van der Waals surface area contributed by atoms with E-state index in [1.165, 1.54) is 0 Å². The summed E-state index contributed by atoms with van der Waals surface area (Å²) in [5, 5.41) is 15.5. The quantitative estimate of drug-likeness (QED) is 0.664. The lowest BCUT2D eigenvalue weighted by molar-refractivity contribution is 0.240. The average molecular weight is 342 g/mol. The SMILES string of the molecule is OCc1ccn2c(-c3ccnc(N[C@H]4CNCC[C@@H]4F)n3)cnc2c1. The van der Waals surface area contributed by atoms with Crippen LogP contribution in [0.3, 0.4) is 0 Å². The van der Waals surface area contributed by atoms with Crippen molar-refractivity contribution in [2.45, 2.75) is 25.2 Å². The van der Waals surface area contributed by atoms with Gasteiger partial charge in [0.25, 0.3) is 0 Å². The van der Waals surface area contributed by atoms with Crippen molar-refractivity contribution in [3.63, 3.8) is 0 Å². The first-order valence-corrected chi connectivity index (χ1v) is 8.26. The van der Waals surface area contributed by atoms with Gasteiger partial charge in [0.15, 0.2) is 0 Å². The van der Waals surface area contributed by atoms with Gasteiger partial charge in [0.05, 0.1) is 30.2 Å². The summed E-state index contributed by atoms with van der Waals surface area (Å²) in [6.45, 7) is 1.21. The monoisotopic (exact) mass is 342 g/mol. The van der Waals surface area contributed by atoms with E-state index < -0.39 is 6.17 Å². The number of imidazole rings is 1. The van der Waals surface area contributed by atoms with E-state index in [0.717, 1.165) is 16.9 Å². The zero-order chi connectivity index (χ0) is 17.2. The molecule has 0 aliphatic carbocycles. The van der Waals surface area contributed by atoms with Gasteiger partial charge in [0.2, 0.25) is 5.95 Å². The largest absolute Gasteiger partial charge is 0.392 e. The van der Waals surface area contributed by atoms with Crippen LogP contribution in [0.5, 0.6) is 0 Å². The minimum absolute atomic E-state index is 0.0277. The normalized spacial score (nSPS) is 20.7. The number of halogens is 1. The van der Waals surface area contributed by atoms with Crippen LogP contribution in [0.4, 0.5) is 10.3 Å². The number of pyridine rings is 1. The van der Waals surface area contributed by atoms with Crippen LogP contribution < -0.4 is 10.6 Å². The van der Waals surface area contributed by atoms with E-state index in [2.05, 4.69) is 25.6 Å². The molecule has 1 aliphatic rings. The number of aromatic nitrogens is 4. The van der Waals surface area contributed by atoms with E-state index in [1.807, 2.05) is 22.7 Å². The van der Waals surface area contributed by atoms with Crippen LogP contribution in [0, 0.1) is 0 Å². The van der Waals surface area contributed by atoms with E-state index in [0.29, 0.717) is 31.2 Å². The Bertz CT molecular complexity index is 882. The van der Waals surface area contributed by atoms with Crippen molar-refractivity contribution in [1.29, 1.82) is 0 Å². The fraction of sp³-hybridized carbons (Fsp3) is 0.353. The molecule has 1 saturated heterocycles. The predicted molar refractivity (Wildman–Crippen MR) is 91.9 cm³/mol. The first kappa shape index (κ1) is 15.9. The molecule has 4 heterocycles. The lowest BCUT2D eigenvalue weighted by atomic mass is 10.1. The Labute approximate surface area is 144 Å². The second-order valence-electron chi connectivity index (χ2n) is 6.09. The van der Waals surface area contributed by atoms with Crippen molar-refractivity contribution in [3.05, 3.63) is 42.4 Å². The minimum atomic E-state index is -0.916. The molecule has 0 amide bonds. The van der Waals surface area contributed by atoms with E-state index in [9.17, 15) is 9.50 Å². The third-order valence-corrected chi connectivity index (χ3v) is 4.39. The topological polar surface area (TPSA) is 87.4 Å². The molecule has 0 radical (unpaired) electrons. The molecule has 1 fully saturated rings. The van der Waals surface area contributed by atoms with Gasteiger partial charge in [0, 0.05) is 18.9 Å². The molecule has 0 aromatic carbocycles. The molecular formula is C17H19FN6O. The van der Waals surface area contributed by atoms with Crippen LogP contribution in [0.2, 0.25) is 0 Å². The number of aliphatic hydroxyl groups is 1. The summed E-state index contributed by atoms with van der Waals surface area (Å²) in [6.07, 6.45) is 4.79. The van der Waals surface area contributed by atoms with Gasteiger partial charge in [-0.1, -0.05) is 0 Å². The van der Waals surface area contributed by atoms with Crippen LogP contribution >= 0.6 is 0 Å². The Balaban J connectivity index is 1.63. The van der Waals surface area contributed by atoms with Crippen molar-refractivity contribution in [2.75, 3.05) is 18.4 Å². The molecule has 8 heteroatoms. The molecule has 1 aliphatic heterocycles. The summed E-state index contributed by atoms with van der Waals surface area (Å²) in [6, 6.07) is 5.12. The molecule has 130 valence electrons. The number of anilines is 1. The highest BCUT2D eigenvalue weighted by atomic mass is 19.1. The number of fused-ring (bicyclic) bond motifs is 1. The standard InChI is InChI=1S/C17H19FN6O/c18-12-1-4-19-8-14(12)23-17-20-5-2-13(22-17)15-9-21-16-7-11(10-25)3-6-24(15)16/h2-3,5-7,9,12,14,19,25H,1,4,8,10H2,(H,20,22,23)/t12-,14-/m0/s1. The van der Waals surface area contributed by atoms with Crippen molar-refractivity contribution in [3.8, 4) is 11.4 Å². The van der Waals surface area contributed by atoms with Crippen molar-refractivity contribution < 1.29 is 9.50 Å². The number of alkyl halides is 1. The Morgan fingerprint density at radius 3 is 3.12 bits per heavy atom. The number of aliphatic hydroxyl groups excluding tert-OH is 1. The molecule has 3 aromatic heterocycles. The molecule has 4 rings (SSSR count). The van der Waals surface area contributed by atoms with E-state index in [1.54, 1.807) is 18.5 Å². The van der Waals surface area contributed by atoms with Gasteiger partial charge in [-0.3, -0.25) is 4.40 Å². The van der Waals surface area contributed by atoms with Crippen LogP contribution in [-0.4, -0.2) is 49.8 Å². The molecule has 2 atom stereocenters. The highest BCUT2D eigenvalue weighted by Crippen LogP contribution is 2.21. The third kappa shape index (κ3) is 3.18. The first-order valence-electron chi connectivity index (χ1n) is 8.26. The summed E-state index contributed by atoms with van der Waals surface area (Å²) in [7, 11) is 0. The number of piperidine rings is 1. The van der Waals surface area contributed by atoms with Crippen molar-refractivity contribution in [1.82, 2.24) is 24.7 Å². The summed E-state index contributed by atoms with van der Waals surface area (Å²) in [5.41, 5.74) is 3.04. The van der Waals surface area contributed by atoms with E-state index >= 15 is 0 Å². The molecular weight excluding hydrogens is 323 g/mol. The number of nitrogens with zero attached hydrogens (tertiary/aromatic N) is 4. The molecule has 0 bridgehead atoms. The number of hydrogen-bond acceptors (Lipinski definition) is 6. The Hall–Kier alpha value is -2.58. The molecule has 3 N–H and O–H groups in total. The summed E-state index contributed by atoms with van der Waals surface area (Å²) < 4.78 is 15.9.